The summed E-state index contributed by atoms with van der Waals surface area (Å²) >= 11 is 5.89. The lowest BCUT2D eigenvalue weighted by molar-refractivity contribution is 0.0490. The molecule has 0 N–H and O–H groups in total. The Hall–Kier alpha value is -3.04. The fourth-order valence-corrected chi connectivity index (χ4v) is 2.89. The maximum atomic E-state index is 12.6. The molecule has 0 spiro atoms. The van der Waals surface area contributed by atoms with Crippen molar-refractivity contribution in [3.05, 3.63) is 95.5 Å². The van der Waals surface area contributed by atoms with Gasteiger partial charge in [0.05, 0.1) is 16.8 Å². The average Bonchev–Trinajstić information content (AvgIpc) is 3.02. The number of halogens is 1. The van der Waals surface area contributed by atoms with Gasteiger partial charge in [0, 0.05) is 16.0 Å². The topological polar surface area (TPSA) is 31.2 Å². The standard InChI is InChI=1S/C21H14ClNO2/c22-18-12-10-16(11-13-18)21(24)25-23-19-9-5-4-8-17(19)14-20(23)15-6-2-1-3-7-15/h1-14H. The number of rotatable bonds is 3. The minimum absolute atomic E-state index is 0.435. The second-order valence-electron chi connectivity index (χ2n) is 5.63. The molecule has 0 aliphatic heterocycles. The van der Waals surface area contributed by atoms with Crippen molar-refractivity contribution in [2.45, 2.75) is 0 Å². The van der Waals surface area contributed by atoms with E-state index < -0.39 is 5.97 Å². The van der Waals surface area contributed by atoms with Crippen molar-refractivity contribution in [3.63, 3.8) is 0 Å². The summed E-state index contributed by atoms with van der Waals surface area (Å²) in [6.07, 6.45) is 0. The molecule has 0 fully saturated rings. The van der Waals surface area contributed by atoms with E-state index in [2.05, 4.69) is 0 Å². The summed E-state index contributed by atoms with van der Waals surface area (Å²) in [7, 11) is 0. The molecule has 0 saturated carbocycles. The molecular formula is C21H14ClNO2. The van der Waals surface area contributed by atoms with E-state index >= 15 is 0 Å². The normalized spacial score (nSPS) is 10.8. The number of carbonyl (C=O) groups is 1. The Balaban J connectivity index is 1.80. The predicted molar refractivity (Wildman–Crippen MR) is 99.7 cm³/mol. The Bertz CT molecular complexity index is 1040. The molecule has 4 heteroatoms. The first-order valence-electron chi connectivity index (χ1n) is 7.86. The number of nitrogens with zero attached hydrogens (tertiary/aromatic N) is 1. The number of fused-ring (bicyclic) bond motifs is 1. The summed E-state index contributed by atoms with van der Waals surface area (Å²) in [6.45, 7) is 0. The molecule has 0 radical (unpaired) electrons. The Morgan fingerprint density at radius 3 is 2.28 bits per heavy atom. The Morgan fingerprint density at radius 1 is 0.840 bits per heavy atom. The number of carbonyl (C=O) groups excluding carboxylic acids is 1. The van der Waals surface area contributed by atoms with Crippen LogP contribution in [-0.4, -0.2) is 10.7 Å². The summed E-state index contributed by atoms with van der Waals surface area (Å²) in [6, 6.07) is 26.3. The highest BCUT2D eigenvalue weighted by Gasteiger charge is 2.16. The van der Waals surface area contributed by atoms with Crippen LogP contribution in [0.15, 0.2) is 84.9 Å². The second-order valence-corrected chi connectivity index (χ2v) is 6.07. The van der Waals surface area contributed by atoms with Crippen LogP contribution in [-0.2, 0) is 0 Å². The van der Waals surface area contributed by atoms with Gasteiger partial charge in [-0.3, -0.25) is 0 Å². The first-order chi connectivity index (χ1) is 12.2. The van der Waals surface area contributed by atoms with Gasteiger partial charge in [0.25, 0.3) is 0 Å². The van der Waals surface area contributed by atoms with Gasteiger partial charge in [-0.05, 0) is 36.4 Å². The maximum Gasteiger partial charge on any atom is 0.363 e. The minimum atomic E-state index is -0.435. The van der Waals surface area contributed by atoms with Crippen LogP contribution in [0.1, 0.15) is 10.4 Å². The zero-order valence-electron chi connectivity index (χ0n) is 13.2. The molecule has 0 unspecified atom stereocenters. The van der Waals surface area contributed by atoms with Crippen LogP contribution in [0.5, 0.6) is 0 Å². The first kappa shape index (κ1) is 15.5. The van der Waals surface area contributed by atoms with Gasteiger partial charge in [-0.2, -0.15) is 4.73 Å². The molecule has 3 aromatic carbocycles. The van der Waals surface area contributed by atoms with E-state index in [1.807, 2.05) is 60.7 Å². The number of hydrogen-bond acceptors (Lipinski definition) is 2. The first-order valence-corrected chi connectivity index (χ1v) is 8.24. The van der Waals surface area contributed by atoms with E-state index in [1.54, 1.807) is 29.0 Å². The molecule has 0 aliphatic rings. The monoisotopic (exact) mass is 347 g/mol. The zero-order valence-corrected chi connectivity index (χ0v) is 14.0. The number of aromatic nitrogens is 1. The third kappa shape index (κ3) is 3.02. The summed E-state index contributed by atoms with van der Waals surface area (Å²) < 4.78 is 1.58. The van der Waals surface area contributed by atoms with E-state index in [0.29, 0.717) is 10.6 Å². The average molecular weight is 348 g/mol. The van der Waals surface area contributed by atoms with Crippen molar-refractivity contribution in [1.82, 2.24) is 4.73 Å². The van der Waals surface area contributed by atoms with Crippen LogP contribution < -0.4 is 4.84 Å². The highest BCUT2D eigenvalue weighted by atomic mass is 35.5. The lowest BCUT2D eigenvalue weighted by Gasteiger charge is -2.11. The number of hydrogen-bond donors (Lipinski definition) is 0. The van der Waals surface area contributed by atoms with E-state index in [-0.39, 0.29) is 0 Å². The third-order valence-corrected chi connectivity index (χ3v) is 4.24. The van der Waals surface area contributed by atoms with Crippen LogP contribution >= 0.6 is 11.6 Å². The molecule has 0 aliphatic carbocycles. The van der Waals surface area contributed by atoms with Gasteiger partial charge in [0.15, 0.2) is 0 Å². The number of benzene rings is 3. The van der Waals surface area contributed by atoms with E-state index in [1.165, 1.54) is 0 Å². The van der Waals surface area contributed by atoms with Gasteiger partial charge in [0.2, 0.25) is 0 Å². The molecule has 4 rings (SSSR count). The molecule has 122 valence electrons. The second kappa shape index (κ2) is 6.46. The summed E-state index contributed by atoms with van der Waals surface area (Å²) in [4.78, 5) is 18.3. The van der Waals surface area contributed by atoms with Gasteiger partial charge in [0.1, 0.15) is 0 Å². The van der Waals surface area contributed by atoms with Crippen molar-refractivity contribution in [2.75, 3.05) is 0 Å². The van der Waals surface area contributed by atoms with Crippen LogP contribution in [0.3, 0.4) is 0 Å². The van der Waals surface area contributed by atoms with Crippen molar-refractivity contribution >= 4 is 28.5 Å². The summed E-state index contributed by atoms with van der Waals surface area (Å²) in [5.74, 6) is -0.435. The molecule has 4 aromatic rings. The molecule has 1 heterocycles. The van der Waals surface area contributed by atoms with Gasteiger partial charge in [-0.15, -0.1) is 0 Å². The highest BCUT2D eigenvalue weighted by molar-refractivity contribution is 6.30. The van der Waals surface area contributed by atoms with Crippen molar-refractivity contribution < 1.29 is 9.63 Å². The van der Waals surface area contributed by atoms with E-state index in [0.717, 1.165) is 22.2 Å². The smallest absolute Gasteiger partial charge is 0.330 e. The Kier molecular flexibility index (Phi) is 4.00. The predicted octanol–water partition coefficient (Wildman–Crippen LogP) is 5.23. The van der Waals surface area contributed by atoms with Crippen LogP contribution in [0.2, 0.25) is 5.02 Å². The van der Waals surface area contributed by atoms with Gasteiger partial charge >= 0.3 is 5.97 Å². The SMILES string of the molecule is O=C(On1c(-c2ccccc2)cc2ccccc21)c1ccc(Cl)cc1. The fourth-order valence-electron chi connectivity index (χ4n) is 2.76. The largest absolute Gasteiger partial charge is 0.363 e. The fraction of sp³-hybridized carbons (Fsp3) is 0. The molecule has 0 amide bonds. The van der Waals surface area contributed by atoms with Crippen LogP contribution in [0.4, 0.5) is 0 Å². The molecule has 0 bridgehead atoms. The van der Waals surface area contributed by atoms with E-state index in [9.17, 15) is 4.79 Å². The van der Waals surface area contributed by atoms with Crippen LogP contribution in [0.25, 0.3) is 22.2 Å². The molecule has 1 aromatic heterocycles. The highest BCUT2D eigenvalue weighted by Crippen LogP contribution is 2.27. The van der Waals surface area contributed by atoms with Crippen molar-refractivity contribution in [3.8, 4) is 11.3 Å². The van der Waals surface area contributed by atoms with E-state index in [4.69, 9.17) is 16.4 Å². The zero-order chi connectivity index (χ0) is 17.2. The quantitative estimate of drug-likeness (QED) is 0.508. The summed E-state index contributed by atoms with van der Waals surface area (Å²) in [5.41, 5.74) is 3.08. The van der Waals surface area contributed by atoms with Gasteiger partial charge in [-0.25, -0.2) is 4.79 Å². The minimum Gasteiger partial charge on any atom is -0.330 e. The molecule has 25 heavy (non-hydrogen) atoms. The molecule has 0 atom stereocenters. The Labute approximate surface area is 150 Å². The maximum absolute atomic E-state index is 12.6. The molecule has 3 nitrogen and oxygen atoms in total. The van der Waals surface area contributed by atoms with Crippen molar-refractivity contribution in [1.29, 1.82) is 0 Å². The molecular weight excluding hydrogens is 334 g/mol. The summed E-state index contributed by atoms with van der Waals surface area (Å²) in [5, 5.41) is 1.58. The Morgan fingerprint density at radius 2 is 1.52 bits per heavy atom. The number of para-hydroxylation sites is 1. The van der Waals surface area contributed by atoms with Crippen LogP contribution in [0, 0.1) is 0 Å². The van der Waals surface area contributed by atoms with Gasteiger partial charge < -0.3 is 4.84 Å². The lowest BCUT2D eigenvalue weighted by atomic mass is 10.1. The lowest BCUT2D eigenvalue weighted by Crippen LogP contribution is -2.20. The molecule has 0 saturated heterocycles. The van der Waals surface area contributed by atoms with Gasteiger partial charge in [-0.1, -0.05) is 60.1 Å². The third-order valence-electron chi connectivity index (χ3n) is 3.99. The van der Waals surface area contributed by atoms with Crippen molar-refractivity contribution in [2.24, 2.45) is 0 Å².